The summed E-state index contributed by atoms with van der Waals surface area (Å²) in [5, 5.41) is 14.6. The molecule has 0 unspecified atom stereocenters. The van der Waals surface area contributed by atoms with Crippen molar-refractivity contribution in [2.75, 3.05) is 19.0 Å². The standard InChI is InChI=1S/C25H25F3N4O3/c1-33-22-14-11-19(16-23(22)34-20-7-2-3-8-20)32-24(31-17-29)30-15-5-4-6-18-9-12-21(13-10-18)35-25(26,27)28/h9-14,16,20H,2-3,5,7-8,15H2,1H3,(H2,30,31,32). The smallest absolute Gasteiger partial charge is 0.493 e. The average Bonchev–Trinajstić information content (AvgIpc) is 3.32. The van der Waals surface area contributed by atoms with Crippen LogP contribution in [-0.2, 0) is 0 Å². The van der Waals surface area contributed by atoms with Gasteiger partial charge in [0.1, 0.15) is 5.75 Å². The van der Waals surface area contributed by atoms with Crippen LogP contribution in [0.3, 0.4) is 0 Å². The summed E-state index contributed by atoms with van der Waals surface area (Å²) < 4.78 is 52.0. The third-order valence-corrected chi connectivity index (χ3v) is 5.02. The van der Waals surface area contributed by atoms with Gasteiger partial charge in [-0.25, -0.2) is 0 Å². The fourth-order valence-electron chi connectivity index (χ4n) is 3.46. The van der Waals surface area contributed by atoms with E-state index in [0.29, 0.717) is 35.7 Å². The van der Waals surface area contributed by atoms with Gasteiger partial charge in [0.15, 0.2) is 17.7 Å². The van der Waals surface area contributed by atoms with Gasteiger partial charge in [0.2, 0.25) is 5.96 Å². The molecule has 1 aliphatic rings. The average molecular weight is 486 g/mol. The Labute approximate surface area is 201 Å². The van der Waals surface area contributed by atoms with E-state index >= 15 is 0 Å². The van der Waals surface area contributed by atoms with Crippen LogP contribution in [0.25, 0.3) is 0 Å². The lowest BCUT2D eigenvalue weighted by Gasteiger charge is -2.17. The minimum atomic E-state index is -4.73. The molecule has 0 radical (unpaired) electrons. The lowest BCUT2D eigenvalue weighted by atomic mass is 10.2. The van der Waals surface area contributed by atoms with E-state index in [-0.39, 0.29) is 17.8 Å². The van der Waals surface area contributed by atoms with Gasteiger partial charge in [-0.3, -0.25) is 10.3 Å². The molecule has 35 heavy (non-hydrogen) atoms. The zero-order valence-corrected chi connectivity index (χ0v) is 19.1. The van der Waals surface area contributed by atoms with Crippen molar-refractivity contribution in [1.82, 2.24) is 5.32 Å². The van der Waals surface area contributed by atoms with Gasteiger partial charge in [-0.1, -0.05) is 11.8 Å². The topological polar surface area (TPSA) is 87.9 Å². The second-order valence-electron chi connectivity index (χ2n) is 7.61. The third kappa shape index (κ3) is 8.67. The van der Waals surface area contributed by atoms with Crippen molar-refractivity contribution < 1.29 is 27.4 Å². The quantitative estimate of drug-likeness (QED) is 0.140. The maximum Gasteiger partial charge on any atom is 0.573 e. The van der Waals surface area contributed by atoms with E-state index in [4.69, 9.17) is 14.7 Å². The number of nitrogens with zero attached hydrogens (tertiary/aromatic N) is 2. The maximum atomic E-state index is 12.2. The zero-order chi connectivity index (χ0) is 25.1. The fourth-order valence-corrected chi connectivity index (χ4v) is 3.46. The Morgan fingerprint density at radius 1 is 1.11 bits per heavy atom. The number of nitriles is 1. The van der Waals surface area contributed by atoms with Gasteiger partial charge in [-0.05, 0) is 62.1 Å². The SMILES string of the molecule is COc1ccc(NC(=NCCC#Cc2ccc(OC(F)(F)F)cc2)NC#N)cc1OC1CCCC1. The van der Waals surface area contributed by atoms with Crippen LogP contribution in [0.2, 0.25) is 0 Å². The Hall–Kier alpha value is -4.05. The number of anilines is 1. The molecule has 0 atom stereocenters. The second-order valence-corrected chi connectivity index (χ2v) is 7.61. The molecule has 0 bridgehead atoms. The predicted octanol–water partition coefficient (Wildman–Crippen LogP) is 5.20. The molecule has 0 spiro atoms. The first kappa shape index (κ1) is 25.6. The predicted molar refractivity (Wildman–Crippen MR) is 125 cm³/mol. The number of benzene rings is 2. The first-order chi connectivity index (χ1) is 16.9. The zero-order valence-electron chi connectivity index (χ0n) is 19.1. The second kappa shape index (κ2) is 12.4. The van der Waals surface area contributed by atoms with Crippen molar-refractivity contribution >= 4 is 11.6 Å². The Morgan fingerprint density at radius 3 is 2.51 bits per heavy atom. The van der Waals surface area contributed by atoms with Gasteiger partial charge in [-0.2, -0.15) is 5.26 Å². The Morgan fingerprint density at radius 2 is 1.86 bits per heavy atom. The highest BCUT2D eigenvalue weighted by Gasteiger charge is 2.30. The molecule has 2 N–H and O–H groups in total. The number of methoxy groups -OCH3 is 1. The molecule has 184 valence electrons. The summed E-state index contributed by atoms with van der Waals surface area (Å²) >= 11 is 0. The van der Waals surface area contributed by atoms with Crippen LogP contribution in [0, 0.1) is 23.3 Å². The molecule has 0 heterocycles. The number of hydrogen-bond acceptors (Lipinski definition) is 5. The van der Waals surface area contributed by atoms with Crippen LogP contribution in [0.1, 0.15) is 37.7 Å². The van der Waals surface area contributed by atoms with E-state index in [2.05, 4.69) is 32.2 Å². The number of alkyl halides is 3. The summed E-state index contributed by atoms with van der Waals surface area (Å²) in [7, 11) is 1.58. The van der Waals surface area contributed by atoms with E-state index in [0.717, 1.165) is 25.7 Å². The molecule has 3 rings (SSSR count). The van der Waals surface area contributed by atoms with Crippen LogP contribution >= 0.6 is 0 Å². The summed E-state index contributed by atoms with van der Waals surface area (Å²) in [4.78, 5) is 4.32. The van der Waals surface area contributed by atoms with Crippen molar-refractivity contribution in [2.24, 2.45) is 4.99 Å². The van der Waals surface area contributed by atoms with Crippen molar-refractivity contribution in [2.45, 2.75) is 44.6 Å². The van der Waals surface area contributed by atoms with E-state index in [1.54, 1.807) is 25.3 Å². The van der Waals surface area contributed by atoms with E-state index in [1.807, 2.05) is 6.19 Å². The van der Waals surface area contributed by atoms with Gasteiger partial charge in [0.25, 0.3) is 0 Å². The number of rotatable bonds is 7. The first-order valence-electron chi connectivity index (χ1n) is 11.0. The van der Waals surface area contributed by atoms with Crippen LogP contribution in [0.4, 0.5) is 18.9 Å². The van der Waals surface area contributed by atoms with E-state index in [9.17, 15) is 13.2 Å². The molecule has 0 aromatic heterocycles. The number of hydrogen-bond donors (Lipinski definition) is 2. The molecule has 2 aromatic carbocycles. The fraction of sp³-hybridized carbons (Fsp3) is 0.360. The highest BCUT2D eigenvalue weighted by Crippen LogP contribution is 2.34. The minimum Gasteiger partial charge on any atom is -0.493 e. The summed E-state index contributed by atoms with van der Waals surface area (Å²) in [5.74, 6) is 6.95. The van der Waals surface area contributed by atoms with Crippen molar-refractivity contribution in [3.05, 3.63) is 48.0 Å². The van der Waals surface area contributed by atoms with Gasteiger partial charge < -0.3 is 19.5 Å². The number of ether oxygens (including phenoxy) is 3. The summed E-state index contributed by atoms with van der Waals surface area (Å²) in [6.45, 7) is 0.293. The van der Waals surface area contributed by atoms with Crippen molar-refractivity contribution in [3.63, 3.8) is 0 Å². The molecule has 0 saturated heterocycles. The largest absolute Gasteiger partial charge is 0.573 e. The molecule has 2 aromatic rings. The van der Waals surface area contributed by atoms with Crippen LogP contribution in [0.5, 0.6) is 17.2 Å². The molecular formula is C25H25F3N4O3. The normalized spacial score (nSPS) is 13.9. The van der Waals surface area contributed by atoms with Crippen LogP contribution in [0.15, 0.2) is 47.5 Å². The summed E-state index contributed by atoms with van der Waals surface area (Å²) in [5.41, 5.74) is 1.22. The number of aliphatic imine (C=N–C) groups is 1. The molecule has 1 fully saturated rings. The van der Waals surface area contributed by atoms with Crippen LogP contribution < -0.4 is 24.8 Å². The lowest BCUT2D eigenvalue weighted by molar-refractivity contribution is -0.274. The van der Waals surface area contributed by atoms with E-state index < -0.39 is 6.36 Å². The first-order valence-corrected chi connectivity index (χ1v) is 11.0. The van der Waals surface area contributed by atoms with E-state index in [1.165, 1.54) is 24.3 Å². The molecule has 1 saturated carbocycles. The molecule has 0 amide bonds. The molecular weight excluding hydrogens is 461 g/mol. The molecule has 0 aliphatic heterocycles. The highest BCUT2D eigenvalue weighted by atomic mass is 19.4. The monoisotopic (exact) mass is 486 g/mol. The van der Waals surface area contributed by atoms with Gasteiger partial charge in [0, 0.05) is 23.7 Å². The number of halogens is 3. The molecule has 1 aliphatic carbocycles. The number of nitrogens with one attached hydrogen (secondary N) is 2. The lowest BCUT2D eigenvalue weighted by Crippen LogP contribution is -2.27. The molecule has 10 heteroatoms. The van der Waals surface area contributed by atoms with Gasteiger partial charge in [-0.15, -0.1) is 13.2 Å². The van der Waals surface area contributed by atoms with Gasteiger partial charge in [0.05, 0.1) is 19.8 Å². The van der Waals surface area contributed by atoms with Crippen molar-refractivity contribution in [1.29, 1.82) is 5.26 Å². The Kier molecular flexibility index (Phi) is 9.08. The van der Waals surface area contributed by atoms with Gasteiger partial charge >= 0.3 is 6.36 Å². The van der Waals surface area contributed by atoms with Crippen LogP contribution in [-0.4, -0.2) is 32.1 Å². The maximum absolute atomic E-state index is 12.2. The number of guanidine groups is 1. The minimum absolute atomic E-state index is 0.163. The summed E-state index contributed by atoms with van der Waals surface area (Å²) in [6.07, 6.45) is 1.96. The third-order valence-electron chi connectivity index (χ3n) is 5.02. The Balaban J connectivity index is 1.58. The Bertz CT molecular complexity index is 1110. The summed E-state index contributed by atoms with van der Waals surface area (Å²) in [6, 6.07) is 10.7. The molecule has 7 nitrogen and oxygen atoms in total. The highest BCUT2D eigenvalue weighted by molar-refractivity contribution is 5.94. The van der Waals surface area contributed by atoms with Crippen molar-refractivity contribution in [3.8, 4) is 35.3 Å².